The lowest BCUT2D eigenvalue weighted by Gasteiger charge is -2.37. The molecule has 0 saturated carbocycles. The normalized spacial score (nSPS) is 28.8. The highest BCUT2D eigenvalue weighted by Crippen LogP contribution is 2.29. The van der Waals surface area contributed by atoms with Gasteiger partial charge >= 0.3 is 0 Å². The van der Waals surface area contributed by atoms with Crippen LogP contribution in [0, 0.1) is 5.92 Å². The van der Waals surface area contributed by atoms with Gasteiger partial charge in [-0.15, -0.1) is 10.2 Å². The van der Waals surface area contributed by atoms with E-state index in [1.54, 1.807) is 14.9 Å². The molecule has 2 fully saturated rings. The van der Waals surface area contributed by atoms with Gasteiger partial charge in [-0.2, -0.15) is 17.0 Å². The maximum Gasteiger partial charge on any atom is 0.282 e. The number of rotatable bonds is 3. The fourth-order valence-corrected chi connectivity index (χ4v) is 5.40. The molecule has 8 heteroatoms. The maximum atomic E-state index is 12.9. The van der Waals surface area contributed by atoms with Crippen molar-refractivity contribution in [2.75, 3.05) is 26.2 Å². The Kier molecular flexibility index (Phi) is 4.52. The molecule has 124 valence electrons. The van der Waals surface area contributed by atoms with E-state index < -0.39 is 10.2 Å². The van der Waals surface area contributed by atoms with Crippen LogP contribution in [0.5, 0.6) is 0 Å². The number of hydrogen-bond acceptors (Lipinski definition) is 4. The summed E-state index contributed by atoms with van der Waals surface area (Å²) >= 11 is 0. The van der Waals surface area contributed by atoms with Crippen molar-refractivity contribution in [3.05, 3.63) is 12.2 Å². The number of aryl methyl sites for hydroxylation is 1. The van der Waals surface area contributed by atoms with Crippen molar-refractivity contribution >= 4 is 10.2 Å². The zero-order valence-corrected chi connectivity index (χ0v) is 14.2. The zero-order valence-electron chi connectivity index (χ0n) is 13.3. The van der Waals surface area contributed by atoms with Crippen LogP contribution in [0.25, 0.3) is 0 Å². The third-order valence-electron chi connectivity index (χ3n) is 4.77. The molecule has 3 rings (SSSR count). The molecule has 2 atom stereocenters. The third kappa shape index (κ3) is 3.04. The molecule has 0 spiro atoms. The Labute approximate surface area is 132 Å². The van der Waals surface area contributed by atoms with Crippen LogP contribution in [0.1, 0.15) is 44.3 Å². The second-order valence-electron chi connectivity index (χ2n) is 6.61. The molecule has 2 saturated heterocycles. The number of hydrogen-bond donors (Lipinski definition) is 0. The highest BCUT2D eigenvalue weighted by Gasteiger charge is 2.36. The van der Waals surface area contributed by atoms with Gasteiger partial charge in [0.2, 0.25) is 0 Å². The van der Waals surface area contributed by atoms with E-state index >= 15 is 0 Å². The van der Waals surface area contributed by atoms with Gasteiger partial charge in [0.15, 0.2) is 0 Å². The summed E-state index contributed by atoms with van der Waals surface area (Å²) in [5, 5.41) is 8.08. The highest BCUT2D eigenvalue weighted by molar-refractivity contribution is 7.86. The van der Waals surface area contributed by atoms with Crippen LogP contribution in [-0.4, -0.2) is 58.0 Å². The second kappa shape index (κ2) is 6.25. The van der Waals surface area contributed by atoms with Crippen LogP contribution >= 0.6 is 0 Å². The fourth-order valence-electron chi connectivity index (χ4n) is 3.54. The van der Waals surface area contributed by atoms with Crippen LogP contribution in [0.15, 0.2) is 6.33 Å². The average molecular weight is 327 g/mol. The summed E-state index contributed by atoms with van der Waals surface area (Å²) in [5.74, 6) is 1.47. The lowest BCUT2D eigenvalue weighted by molar-refractivity contribution is 0.238. The molecular weight excluding hydrogens is 302 g/mol. The molecule has 2 aliphatic rings. The number of aromatic nitrogens is 3. The Hall–Kier alpha value is -0.990. The Morgan fingerprint density at radius 1 is 1.14 bits per heavy atom. The summed E-state index contributed by atoms with van der Waals surface area (Å²) in [6, 6.07) is 0. The van der Waals surface area contributed by atoms with Crippen molar-refractivity contribution in [1.82, 2.24) is 23.4 Å². The minimum Gasteiger partial charge on any atom is -0.320 e. The van der Waals surface area contributed by atoms with Gasteiger partial charge in [0.1, 0.15) is 12.2 Å². The molecule has 0 amide bonds. The van der Waals surface area contributed by atoms with Gasteiger partial charge in [-0.25, -0.2) is 0 Å². The van der Waals surface area contributed by atoms with E-state index in [0.717, 1.165) is 31.5 Å². The zero-order chi connectivity index (χ0) is 15.7. The fraction of sp³-hybridized carbons (Fsp3) is 0.857. The number of piperidine rings is 2. The van der Waals surface area contributed by atoms with Gasteiger partial charge in [-0.05, 0) is 31.6 Å². The van der Waals surface area contributed by atoms with Crippen LogP contribution < -0.4 is 0 Å². The Bertz CT molecular complexity index is 615. The topological polar surface area (TPSA) is 71.3 Å². The van der Waals surface area contributed by atoms with Crippen molar-refractivity contribution in [2.24, 2.45) is 13.0 Å². The summed E-state index contributed by atoms with van der Waals surface area (Å²) in [7, 11) is -1.43. The first-order valence-corrected chi connectivity index (χ1v) is 9.47. The predicted molar refractivity (Wildman–Crippen MR) is 83.4 cm³/mol. The maximum absolute atomic E-state index is 12.9. The van der Waals surface area contributed by atoms with Crippen molar-refractivity contribution < 1.29 is 8.42 Å². The monoisotopic (exact) mass is 327 g/mol. The van der Waals surface area contributed by atoms with Gasteiger partial charge in [0.05, 0.1) is 0 Å². The molecule has 0 N–H and O–H groups in total. The van der Waals surface area contributed by atoms with Gasteiger partial charge in [-0.1, -0.05) is 6.92 Å². The van der Waals surface area contributed by atoms with E-state index in [0.29, 0.717) is 32.1 Å². The van der Waals surface area contributed by atoms with Crippen LogP contribution in [-0.2, 0) is 17.3 Å². The standard InChI is InChI=1S/C14H25N5O2S/c1-12-5-3-7-18(9-12)22(20,21)19-8-4-6-13(10-19)14-16-15-11-17(14)2/h11-13H,3-10H2,1-2H3/t12-,13+/m1/s1. The van der Waals surface area contributed by atoms with Crippen LogP contribution in [0.4, 0.5) is 0 Å². The molecule has 22 heavy (non-hydrogen) atoms. The molecule has 0 aromatic carbocycles. The minimum atomic E-state index is -3.35. The third-order valence-corrected chi connectivity index (χ3v) is 6.74. The van der Waals surface area contributed by atoms with E-state index in [9.17, 15) is 8.42 Å². The lowest BCUT2D eigenvalue weighted by atomic mass is 9.99. The molecule has 0 radical (unpaired) electrons. The average Bonchev–Trinajstić information content (AvgIpc) is 2.93. The SMILES string of the molecule is C[C@@H]1CCCN(S(=O)(=O)N2CCC[C@H](c3nncn3C)C2)C1. The number of nitrogens with zero attached hydrogens (tertiary/aromatic N) is 5. The highest BCUT2D eigenvalue weighted by atomic mass is 32.2. The van der Waals surface area contributed by atoms with E-state index in [2.05, 4.69) is 17.1 Å². The molecule has 7 nitrogen and oxygen atoms in total. The summed E-state index contributed by atoms with van der Waals surface area (Å²) in [6.45, 7) is 4.55. The minimum absolute atomic E-state index is 0.137. The molecular formula is C14H25N5O2S. The largest absolute Gasteiger partial charge is 0.320 e. The van der Waals surface area contributed by atoms with Gasteiger partial charge in [0, 0.05) is 39.1 Å². The molecule has 0 aliphatic carbocycles. The first-order chi connectivity index (χ1) is 10.5. The van der Waals surface area contributed by atoms with Crippen LogP contribution in [0.2, 0.25) is 0 Å². The molecule has 0 bridgehead atoms. The van der Waals surface area contributed by atoms with E-state index in [-0.39, 0.29) is 5.92 Å². The van der Waals surface area contributed by atoms with Crippen LogP contribution in [0.3, 0.4) is 0 Å². The van der Waals surface area contributed by atoms with Gasteiger partial charge < -0.3 is 4.57 Å². The Morgan fingerprint density at radius 3 is 2.45 bits per heavy atom. The second-order valence-corrected chi connectivity index (χ2v) is 8.54. The summed E-state index contributed by atoms with van der Waals surface area (Å²) in [4.78, 5) is 0. The van der Waals surface area contributed by atoms with E-state index in [1.807, 2.05) is 11.6 Å². The first kappa shape index (κ1) is 15.9. The quantitative estimate of drug-likeness (QED) is 0.829. The van der Waals surface area contributed by atoms with Crippen molar-refractivity contribution in [3.63, 3.8) is 0 Å². The predicted octanol–water partition coefficient (Wildman–Crippen LogP) is 0.971. The van der Waals surface area contributed by atoms with Crippen molar-refractivity contribution in [2.45, 2.75) is 38.5 Å². The van der Waals surface area contributed by atoms with E-state index in [4.69, 9.17) is 0 Å². The molecule has 3 heterocycles. The Morgan fingerprint density at radius 2 is 1.82 bits per heavy atom. The lowest BCUT2D eigenvalue weighted by Crippen LogP contribution is -2.50. The summed E-state index contributed by atoms with van der Waals surface area (Å²) < 4.78 is 31.0. The van der Waals surface area contributed by atoms with Crippen molar-refractivity contribution in [1.29, 1.82) is 0 Å². The summed E-state index contributed by atoms with van der Waals surface area (Å²) in [5.41, 5.74) is 0. The molecule has 1 aromatic heterocycles. The molecule has 0 unspecified atom stereocenters. The molecule has 2 aliphatic heterocycles. The van der Waals surface area contributed by atoms with E-state index in [1.165, 1.54) is 0 Å². The van der Waals surface area contributed by atoms with Gasteiger partial charge in [0.25, 0.3) is 10.2 Å². The molecule has 1 aromatic rings. The summed E-state index contributed by atoms with van der Waals surface area (Å²) in [6.07, 6.45) is 5.60. The van der Waals surface area contributed by atoms with Crippen molar-refractivity contribution in [3.8, 4) is 0 Å². The first-order valence-electron chi connectivity index (χ1n) is 8.07. The Balaban J connectivity index is 1.75. The smallest absolute Gasteiger partial charge is 0.282 e. The van der Waals surface area contributed by atoms with Gasteiger partial charge in [-0.3, -0.25) is 0 Å².